The van der Waals surface area contributed by atoms with E-state index in [1.54, 1.807) is 11.3 Å². The molecule has 33 heavy (non-hydrogen) atoms. The minimum Gasteiger partial charge on any atom is -0.336 e. The summed E-state index contributed by atoms with van der Waals surface area (Å²) in [6.45, 7) is 7.14. The van der Waals surface area contributed by atoms with Crippen molar-refractivity contribution in [3.8, 4) is 0 Å². The van der Waals surface area contributed by atoms with E-state index in [4.69, 9.17) is 0 Å². The maximum Gasteiger partial charge on any atom is 0.278 e. The van der Waals surface area contributed by atoms with Crippen LogP contribution in [0.3, 0.4) is 0 Å². The number of aryl methyl sites for hydroxylation is 1. The lowest BCUT2D eigenvalue weighted by atomic mass is 10.1. The van der Waals surface area contributed by atoms with E-state index in [9.17, 15) is 4.79 Å². The van der Waals surface area contributed by atoms with Crippen molar-refractivity contribution < 1.29 is 4.79 Å². The van der Waals surface area contributed by atoms with Crippen LogP contribution in [0.15, 0.2) is 42.0 Å². The molecule has 0 radical (unpaired) electrons. The molecule has 0 aliphatic carbocycles. The summed E-state index contributed by atoms with van der Waals surface area (Å²) in [7, 11) is 2.16. The number of fused-ring (bicyclic) bond motifs is 1. The number of piperazine rings is 1. The van der Waals surface area contributed by atoms with Gasteiger partial charge in [-0.25, -0.2) is 9.97 Å². The van der Waals surface area contributed by atoms with Gasteiger partial charge in [-0.3, -0.25) is 14.8 Å². The minimum atomic E-state index is -0.288. The highest BCUT2D eigenvalue weighted by Gasteiger charge is 2.20. The number of hydrogen-bond donors (Lipinski definition) is 3. The summed E-state index contributed by atoms with van der Waals surface area (Å²) in [5, 5.41) is 16.2. The molecule has 0 unspecified atom stereocenters. The first-order valence-electron chi connectivity index (χ1n) is 10.9. The Morgan fingerprint density at radius 3 is 2.70 bits per heavy atom. The number of carbonyl (C=O) groups is 1. The van der Waals surface area contributed by atoms with Gasteiger partial charge in [-0.05, 0) is 43.1 Å². The van der Waals surface area contributed by atoms with E-state index in [2.05, 4.69) is 59.8 Å². The fourth-order valence-electron chi connectivity index (χ4n) is 3.90. The molecule has 0 bridgehead atoms. The second-order valence-corrected chi connectivity index (χ2v) is 9.18. The molecule has 4 aromatic rings. The Balaban J connectivity index is 1.27. The molecule has 0 atom stereocenters. The summed E-state index contributed by atoms with van der Waals surface area (Å²) in [5.41, 5.74) is 3.61. The van der Waals surface area contributed by atoms with E-state index in [1.165, 1.54) is 11.9 Å². The molecule has 9 nitrogen and oxygen atoms in total. The van der Waals surface area contributed by atoms with Crippen LogP contribution in [0.1, 0.15) is 21.7 Å². The number of amides is 1. The monoisotopic (exact) mass is 462 g/mol. The predicted molar refractivity (Wildman–Crippen MR) is 131 cm³/mol. The van der Waals surface area contributed by atoms with Crippen LogP contribution in [-0.4, -0.2) is 69.1 Å². The van der Waals surface area contributed by atoms with E-state index < -0.39 is 0 Å². The van der Waals surface area contributed by atoms with Crippen molar-refractivity contribution in [3.05, 3.63) is 59.0 Å². The quantitative estimate of drug-likeness (QED) is 0.403. The van der Waals surface area contributed by atoms with Crippen molar-refractivity contribution in [2.75, 3.05) is 43.9 Å². The number of rotatable bonds is 6. The van der Waals surface area contributed by atoms with Gasteiger partial charge in [0.1, 0.15) is 17.0 Å². The predicted octanol–water partition coefficient (Wildman–Crippen LogP) is 3.47. The van der Waals surface area contributed by atoms with Crippen LogP contribution in [0.5, 0.6) is 0 Å². The molecule has 3 aromatic heterocycles. The van der Waals surface area contributed by atoms with E-state index in [0.717, 1.165) is 54.3 Å². The normalized spacial score (nSPS) is 15.1. The first-order chi connectivity index (χ1) is 16.1. The van der Waals surface area contributed by atoms with Gasteiger partial charge < -0.3 is 15.5 Å². The number of likely N-dealkylation sites (N-methyl/N-ethyl adjacent to an activating group) is 1. The highest BCUT2D eigenvalue weighted by Crippen LogP contribution is 2.29. The Hall–Kier alpha value is -3.34. The number of thiophene rings is 1. The molecule has 10 heteroatoms. The molecule has 0 spiro atoms. The molecule has 1 fully saturated rings. The van der Waals surface area contributed by atoms with Crippen LogP contribution in [0.25, 0.3) is 10.2 Å². The van der Waals surface area contributed by atoms with Gasteiger partial charge in [-0.15, -0.1) is 11.3 Å². The molecule has 170 valence electrons. The van der Waals surface area contributed by atoms with Crippen LogP contribution in [0.2, 0.25) is 0 Å². The zero-order valence-electron chi connectivity index (χ0n) is 18.6. The van der Waals surface area contributed by atoms with Crippen LogP contribution in [0, 0.1) is 6.92 Å². The highest BCUT2D eigenvalue weighted by molar-refractivity contribution is 7.16. The molecule has 0 saturated carbocycles. The van der Waals surface area contributed by atoms with Crippen molar-refractivity contribution in [1.82, 2.24) is 30.0 Å². The molecule has 1 aliphatic rings. The minimum absolute atomic E-state index is 0.288. The molecule has 3 N–H and O–H groups in total. The number of anilines is 3. The van der Waals surface area contributed by atoms with Crippen molar-refractivity contribution in [2.45, 2.75) is 13.5 Å². The highest BCUT2D eigenvalue weighted by atomic mass is 32.1. The van der Waals surface area contributed by atoms with E-state index in [0.29, 0.717) is 11.5 Å². The number of hydrogen-bond acceptors (Lipinski definition) is 8. The Kier molecular flexibility index (Phi) is 6.03. The van der Waals surface area contributed by atoms with Gasteiger partial charge in [0.05, 0.1) is 16.8 Å². The summed E-state index contributed by atoms with van der Waals surface area (Å²) in [6.07, 6.45) is 1.51. The molecular formula is C23H26N8OS. The van der Waals surface area contributed by atoms with Crippen molar-refractivity contribution in [2.24, 2.45) is 0 Å². The molecular weight excluding hydrogens is 436 g/mol. The third-order valence-electron chi connectivity index (χ3n) is 5.88. The number of aromatic nitrogens is 4. The Morgan fingerprint density at radius 2 is 1.91 bits per heavy atom. The maximum atomic E-state index is 13.0. The van der Waals surface area contributed by atoms with Gasteiger partial charge >= 0.3 is 0 Å². The van der Waals surface area contributed by atoms with Crippen LogP contribution < -0.4 is 10.6 Å². The zero-order chi connectivity index (χ0) is 22.8. The van der Waals surface area contributed by atoms with Gasteiger partial charge in [0.2, 0.25) is 0 Å². The van der Waals surface area contributed by atoms with E-state index in [-0.39, 0.29) is 11.6 Å². The summed E-state index contributed by atoms with van der Waals surface area (Å²) in [4.78, 5) is 27.3. The number of benzene rings is 1. The standard InChI is InChI=1S/C23H26N8OS/c1-15-19(27-21-18-7-12-33-23(18)25-14-24-21)20(29-28-15)22(32)26-17-5-3-16(4-6-17)13-31-10-8-30(2)9-11-31/h3-7,12,14H,8-11,13H2,1-2H3,(H,26,32)(H,28,29)(H,24,25,27). The van der Waals surface area contributed by atoms with Gasteiger partial charge in [-0.1, -0.05) is 12.1 Å². The maximum absolute atomic E-state index is 13.0. The van der Waals surface area contributed by atoms with Gasteiger partial charge in [0.15, 0.2) is 5.69 Å². The number of carbonyl (C=O) groups excluding carboxylic acids is 1. The molecule has 1 saturated heterocycles. The van der Waals surface area contributed by atoms with Crippen molar-refractivity contribution >= 4 is 44.7 Å². The average molecular weight is 463 g/mol. The second-order valence-electron chi connectivity index (χ2n) is 8.29. The smallest absolute Gasteiger partial charge is 0.278 e. The topological polar surface area (TPSA) is 102 Å². The van der Waals surface area contributed by atoms with Crippen LogP contribution in [0.4, 0.5) is 17.2 Å². The van der Waals surface area contributed by atoms with Gasteiger partial charge in [0.25, 0.3) is 5.91 Å². The summed E-state index contributed by atoms with van der Waals surface area (Å²) >= 11 is 1.54. The Labute approximate surface area is 195 Å². The molecule has 1 aromatic carbocycles. The second kappa shape index (κ2) is 9.26. The molecule has 5 rings (SSSR count). The first kappa shape index (κ1) is 21.5. The number of H-pyrrole nitrogens is 1. The Bertz CT molecular complexity index is 1260. The van der Waals surface area contributed by atoms with Crippen LogP contribution in [-0.2, 0) is 6.54 Å². The third kappa shape index (κ3) is 4.72. The Morgan fingerprint density at radius 1 is 1.12 bits per heavy atom. The van der Waals surface area contributed by atoms with Gasteiger partial charge in [-0.2, -0.15) is 5.10 Å². The molecule has 1 amide bonds. The van der Waals surface area contributed by atoms with Gasteiger partial charge in [0, 0.05) is 38.4 Å². The summed E-state index contributed by atoms with van der Waals surface area (Å²) in [5.74, 6) is 0.359. The fraction of sp³-hybridized carbons (Fsp3) is 0.304. The SMILES string of the molecule is Cc1[nH]nc(C(=O)Nc2ccc(CN3CCN(C)CC3)cc2)c1Nc1ncnc2sccc12. The zero-order valence-corrected chi connectivity index (χ0v) is 19.4. The summed E-state index contributed by atoms with van der Waals surface area (Å²) in [6, 6.07) is 9.97. The number of nitrogens with zero attached hydrogens (tertiary/aromatic N) is 5. The lowest BCUT2D eigenvalue weighted by molar-refractivity contribution is 0.102. The fourth-order valence-corrected chi connectivity index (χ4v) is 4.64. The van der Waals surface area contributed by atoms with E-state index in [1.807, 2.05) is 30.5 Å². The molecule has 4 heterocycles. The van der Waals surface area contributed by atoms with Crippen LogP contribution >= 0.6 is 11.3 Å². The molecule has 1 aliphatic heterocycles. The largest absolute Gasteiger partial charge is 0.336 e. The lowest BCUT2D eigenvalue weighted by Crippen LogP contribution is -2.43. The number of aromatic amines is 1. The summed E-state index contributed by atoms with van der Waals surface area (Å²) < 4.78 is 0. The van der Waals surface area contributed by atoms with Crippen molar-refractivity contribution in [3.63, 3.8) is 0 Å². The third-order valence-corrected chi connectivity index (χ3v) is 6.70. The number of nitrogens with one attached hydrogen (secondary N) is 3. The van der Waals surface area contributed by atoms with Crippen molar-refractivity contribution in [1.29, 1.82) is 0 Å². The first-order valence-corrected chi connectivity index (χ1v) is 11.8. The lowest BCUT2D eigenvalue weighted by Gasteiger charge is -2.32. The van der Waals surface area contributed by atoms with E-state index >= 15 is 0 Å². The average Bonchev–Trinajstić information content (AvgIpc) is 3.44.